The number of phenols is 2. The van der Waals surface area contributed by atoms with E-state index in [0.717, 1.165) is 43.8 Å². The van der Waals surface area contributed by atoms with Crippen molar-refractivity contribution in [1.82, 2.24) is 0 Å². The molecule has 0 aliphatic rings. The molecule has 134 valence electrons. The molecule has 2 aromatic heterocycles. The lowest BCUT2D eigenvalue weighted by Gasteiger charge is -2.00. The van der Waals surface area contributed by atoms with Gasteiger partial charge in [-0.1, -0.05) is 36.4 Å². The van der Waals surface area contributed by atoms with Crippen molar-refractivity contribution in [3.8, 4) is 22.6 Å². The van der Waals surface area contributed by atoms with Gasteiger partial charge < -0.3 is 19.0 Å². The summed E-state index contributed by atoms with van der Waals surface area (Å²) >= 11 is 0. The van der Waals surface area contributed by atoms with Gasteiger partial charge in [0.25, 0.3) is 0 Å². The topological polar surface area (TPSA) is 66.7 Å². The lowest BCUT2D eigenvalue weighted by atomic mass is 10.0. The Morgan fingerprint density at radius 1 is 0.464 bits per heavy atom. The van der Waals surface area contributed by atoms with E-state index < -0.39 is 0 Å². The number of furan rings is 2. The molecule has 0 aliphatic heterocycles. The predicted octanol–water partition coefficient (Wildman–Crippen LogP) is 6.56. The standard InChI is InChI=1S/C24H14O4/c25-19-9-16-18-11-22-17(10-23(18)28-24(16)12-20(19)26)15-7-6-14(8-21(15)27-22)13-4-2-1-3-5-13/h1-12,25-26H. The van der Waals surface area contributed by atoms with Crippen molar-refractivity contribution in [2.75, 3.05) is 0 Å². The summed E-state index contributed by atoms with van der Waals surface area (Å²) < 4.78 is 12.0. The van der Waals surface area contributed by atoms with Crippen molar-refractivity contribution < 1.29 is 19.0 Å². The van der Waals surface area contributed by atoms with Crippen molar-refractivity contribution >= 4 is 43.9 Å². The third kappa shape index (κ3) is 2.06. The molecule has 4 aromatic carbocycles. The highest BCUT2D eigenvalue weighted by molar-refractivity contribution is 6.15. The Kier molecular flexibility index (Phi) is 2.87. The Labute approximate surface area is 158 Å². The molecule has 28 heavy (non-hydrogen) atoms. The first-order chi connectivity index (χ1) is 13.7. The zero-order valence-electron chi connectivity index (χ0n) is 14.6. The zero-order valence-corrected chi connectivity index (χ0v) is 14.6. The summed E-state index contributed by atoms with van der Waals surface area (Å²) in [6.07, 6.45) is 0. The maximum atomic E-state index is 9.85. The fraction of sp³-hybridized carbons (Fsp3) is 0. The van der Waals surface area contributed by atoms with E-state index in [1.807, 2.05) is 30.3 Å². The molecule has 6 aromatic rings. The van der Waals surface area contributed by atoms with E-state index in [4.69, 9.17) is 8.83 Å². The summed E-state index contributed by atoms with van der Waals surface area (Å²) in [5.41, 5.74) is 5.01. The van der Waals surface area contributed by atoms with Crippen molar-refractivity contribution in [3.05, 3.63) is 72.8 Å². The summed E-state index contributed by atoms with van der Waals surface area (Å²) in [7, 11) is 0. The first kappa shape index (κ1) is 15.2. The van der Waals surface area contributed by atoms with Crippen molar-refractivity contribution in [3.63, 3.8) is 0 Å². The molecular formula is C24H14O4. The number of fused-ring (bicyclic) bond motifs is 6. The molecule has 0 aliphatic carbocycles. The van der Waals surface area contributed by atoms with E-state index in [9.17, 15) is 10.2 Å². The molecular weight excluding hydrogens is 352 g/mol. The smallest absolute Gasteiger partial charge is 0.161 e. The first-order valence-corrected chi connectivity index (χ1v) is 8.97. The molecule has 0 atom stereocenters. The van der Waals surface area contributed by atoms with Crippen LogP contribution in [0.15, 0.2) is 81.6 Å². The largest absolute Gasteiger partial charge is 0.504 e. The van der Waals surface area contributed by atoms with Gasteiger partial charge in [0, 0.05) is 27.6 Å². The van der Waals surface area contributed by atoms with Crippen LogP contribution in [0.2, 0.25) is 0 Å². The molecule has 2 N–H and O–H groups in total. The Bertz CT molecular complexity index is 1520. The molecule has 0 saturated heterocycles. The molecule has 0 unspecified atom stereocenters. The SMILES string of the molecule is Oc1cc2oc3cc4c(cc3c2cc1O)oc1cc(-c2ccccc2)ccc14. The monoisotopic (exact) mass is 366 g/mol. The molecule has 0 amide bonds. The lowest BCUT2D eigenvalue weighted by Crippen LogP contribution is -1.76. The van der Waals surface area contributed by atoms with Crippen molar-refractivity contribution in [2.24, 2.45) is 0 Å². The highest BCUT2D eigenvalue weighted by Crippen LogP contribution is 2.40. The fourth-order valence-electron chi connectivity index (χ4n) is 3.88. The number of hydrogen-bond donors (Lipinski definition) is 2. The minimum absolute atomic E-state index is 0.174. The van der Waals surface area contributed by atoms with Crippen molar-refractivity contribution in [1.29, 1.82) is 0 Å². The number of aromatic hydroxyl groups is 2. The quantitative estimate of drug-likeness (QED) is 0.323. The molecule has 6 rings (SSSR count). The maximum Gasteiger partial charge on any atom is 0.161 e. The summed E-state index contributed by atoms with van der Waals surface area (Å²) in [4.78, 5) is 0. The second kappa shape index (κ2) is 5.30. The van der Waals surface area contributed by atoms with Gasteiger partial charge in [-0.2, -0.15) is 0 Å². The fourth-order valence-corrected chi connectivity index (χ4v) is 3.88. The first-order valence-electron chi connectivity index (χ1n) is 8.97. The zero-order chi connectivity index (χ0) is 18.8. The van der Waals surface area contributed by atoms with E-state index in [1.165, 1.54) is 12.1 Å². The van der Waals surface area contributed by atoms with Gasteiger partial charge in [0.1, 0.15) is 22.3 Å². The molecule has 0 spiro atoms. The van der Waals surface area contributed by atoms with Gasteiger partial charge in [-0.25, -0.2) is 0 Å². The van der Waals surface area contributed by atoms with E-state index >= 15 is 0 Å². The van der Waals surface area contributed by atoms with E-state index in [1.54, 1.807) is 0 Å². The van der Waals surface area contributed by atoms with Crippen LogP contribution < -0.4 is 0 Å². The average Bonchev–Trinajstić information content (AvgIpc) is 3.24. The minimum Gasteiger partial charge on any atom is -0.504 e. The Hall–Kier alpha value is -3.92. The Morgan fingerprint density at radius 3 is 1.79 bits per heavy atom. The van der Waals surface area contributed by atoms with Crippen molar-refractivity contribution in [2.45, 2.75) is 0 Å². The van der Waals surface area contributed by atoms with Gasteiger partial charge in [0.15, 0.2) is 11.5 Å². The Balaban J connectivity index is 1.63. The third-order valence-corrected chi connectivity index (χ3v) is 5.27. The van der Waals surface area contributed by atoms with Crippen LogP contribution in [0.4, 0.5) is 0 Å². The van der Waals surface area contributed by atoms with E-state index in [0.29, 0.717) is 11.2 Å². The summed E-state index contributed by atoms with van der Waals surface area (Å²) in [6.45, 7) is 0. The van der Waals surface area contributed by atoms with Crippen LogP contribution in [0.5, 0.6) is 11.5 Å². The summed E-state index contributed by atoms with van der Waals surface area (Å²) in [5, 5.41) is 23.1. The van der Waals surface area contributed by atoms with Gasteiger partial charge >= 0.3 is 0 Å². The molecule has 0 saturated carbocycles. The molecule has 2 heterocycles. The van der Waals surface area contributed by atoms with Crippen LogP contribution in [-0.2, 0) is 0 Å². The Morgan fingerprint density at radius 2 is 1.04 bits per heavy atom. The minimum atomic E-state index is -0.200. The van der Waals surface area contributed by atoms with Crippen LogP contribution in [0.3, 0.4) is 0 Å². The second-order valence-corrected chi connectivity index (χ2v) is 6.96. The van der Waals surface area contributed by atoms with Crippen LogP contribution in [-0.4, -0.2) is 10.2 Å². The van der Waals surface area contributed by atoms with Crippen LogP contribution >= 0.6 is 0 Å². The summed E-state index contributed by atoms with van der Waals surface area (Å²) in [5.74, 6) is -0.374. The highest BCUT2D eigenvalue weighted by Gasteiger charge is 2.15. The van der Waals surface area contributed by atoms with Gasteiger partial charge in [0.2, 0.25) is 0 Å². The number of rotatable bonds is 1. The maximum absolute atomic E-state index is 9.85. The van der Waals surface area contributed by atoms with Crippen LogP contribution in [0.1, 0.15) is 0 Å². The van der Waals surface area contributed by atoms with Gasteiger partial charge in [0.05, 0.1) is 0 Å². The predicted molar refractivity (Wildman–Crippen MR) is 110 cm³/mol. The normalized spacial score (nSPS) is 11.9. The molecule has 4 heteroatoms. The average molecular weight is 366 g/mol. The highest BCUT2D eigenvalue weighted by atomic mass is 16.3. The van der Waals surface area contributed by atoms with E-state index in [2.05, 4.69) is 30.3 Å². The molecule has 4 nitrogen and oxygen atoms in total. The van der Waals surface area contributed by atoms with Crippen LogP contribution in [0, 0.1) is 0 Å². The summed E-state index contributed by atoms with van der Waals surface area (Å²) in [6, 6.07) is 23.2. The lowest BCUT2D eigenvalue weighted by molar-refractivity contribution is 0.404. The number of benzene rings is 4. The van der Waals surface area contributed by atoms with Gasteiger partial charge in [-0.05, 0) is 41.5 Å². The van der Waals surface area contributed by atoms with Gasteiger partial charge in [-0.3, -0.25) is 0 Å². The van der Waals surface area contributed by atoms with Gasteiger partial charge in [-0.15, -0.1) is 0 Å². The number of phenolic OH excluding ortho intramolecular Hbond substituents is 2. The molecule has 0 fully saturated rings. The van der Waals surface area contributed by atoms with Crippen LogP contribution in [0.25, 0.3) is 55.0 Å². The molecule has 0 bridgehead atoms. The molecule has 0 radical (unpaired) electrons. The van der Waals surface area contributed by atoms with E-state index in [-0.39, 0.29) is 11.5 Å². The number of hydrogen-bond acceptors (Lipinski definition) is 4. The second-order valence-electron chi connectivity index (χ2n) is 6.96. The third-order valence-electron chi connectivity index (χ3n) is 5.27.